The van der Waals surface area contributed by atoms with E-state index >= 15 is 0 Å². The van der Waals surface area contributed by atoms with E-state index < -0.39 is 11.8 Å². The van der Waals surface area contributed by atoms with Crippen LogP contribution in [-0.2, 0) is 16.0 Å². The van der Waals surface area contributed by atoms with E-state index in [1.807, 2.05) is 0 Å². The number of hydrogen-bond acceptors (Lipinski definition) is 4. The third kappa shape index (κ3) is 5.59. The Labute approximate surface area is 186 Å². The van der Waals surface area contributed by atoms with Gasteiger partial charge in [0, 0.05) is 31.9 Å². The van der Waals surface area contributed by atoms with Crippen LogP contribution in [0, 0.1) is 0 Å². The minimum atomic E-state index is -0.495. The van der Waals surface area contributed by atoms with Gasteiger partial charge in [-0.1, -0.05) is 37.8 Å². The lowest BCUT2D eigenvalue weighted by atomic mass is 9.95. The number of piperidine rings is 1. The number of aryl methyl sites for hydroxylation is 1. The van der Waals surface area contributed by atoms with Crippen molar-refractivity contribution in [3.63, 3.8) is 0 Å². The Bertz CT molecular complexity index is 769. The van der Waals surface area contributed by atoms with Crippen LogP contribution in [0.3, 0.4) is 0 Å². The maximum Gasteiger partial charge on any atom is 0.309 e. The van der Waals surface area contributed by atoms with Crippen LogP contribution >= 0.6 is 0 Å². The lowest BCUT2D eigenvalue weighted by Gasteiger charge is -2.36. The SMILES string of the molecule is CN1CCCc2cc([C@H](CNC(=O)C(=O)NC3CCCCC3)N3CCCCC3)ccc21. The van der Waals surface area contributed by atoms with Crippen molar-refractivity contribution < 1.29 is 9.59 Å². The van der Waals surface area contributed by atoms with Crippen molar-refractivity contribution in [2.45, 2.75) is 76.3 Å². The largest absolute Gasteiger partial charge is 0.374 e. The smallest absolute Gasteiger partial charge is 0.309 e. The molecular weight excluding hydrogens is 388 g/mol. The summed E-state index contributed by atoms with van der Waals surface area (Å²) in [6.07, 6.45) is 11.4. The highest BCUT2D eigenvalue weighted by Gasteiger charge is 2.26. The van der Waals surface area contributed by atoms with Crippen molar-refractivity contribution in [2.24, 2.45) is 0 Å². The molecule has 1 saturated carbocycles. The van der Waals surface area contributed by atoms with Crippen LogP contribution in [0.25, 0.3) is 0 Å². The molecule has 2 heterocycles. The van der Waals surface area contributed by atoms with Crippen LogP contribution in [-0.4, -0.2) is 56.0 Å². The maximum absolute atomic E-state index is 12.6. The van der Waals surface area contributed by atoms with Gasteiger partial charge < -0.3 is 15.5 Å². The normalized spacial score (nSPS) is 21.3. The monoisotopic (exact) mass is 426 g/mol. The molecule has 2 aliphatic heterocycles. The van der Waals surface area contributed by atoms with Gasteiger partial charge in [0.15, 0.2) is 0 Å². The second-order valence-corrected chi connectivity index (χ2v) is 9.54. The molecule has 31 heavy (non-hydrogen) atoms. The Balaban J connectivity index is 1.43. The zero-order chi connectivity index (χ0) is 21.6. The first-order valence-electron chi connectivity index (χ1n) is 12.3. The fourth-order valence-corrected chi connectivity index (χ4v) is 5.47. The summed E-state index contributed by atoms with van der Waals surface area (Å²) < 4.78 is 0. The highest BCUT2D eigenvalue weighted by molar-refractivity contribution is 6.35. The van der Waals surface area contributed by atoms with Gasteiger partial charge >= 0.3 is 11.8 Å². The summed E-state index contributed by atoms with van der Waals surface area (Å²) in [6.45, 7) is 3.68. The van der Waals surface area contributed by atoms with Crippen molar-refractivity contribution >= 4 is 17.5 Å². The Morgan fingerprint density at radius 2 is 1.71 bits per heavy atom. The highest BCUT2D eigenvalue weighted by Crippen LogP contribution is 2.31. The number of carbonyl (C=O) groups is 2. The fraction of sp³-hybridized carbons (Fsp3) is 0.680. The molecule has 6 nitrogen and oxygen atoms in total. The van der Waals surface area contributed by atoms with E-state index in [9.17, 15) is 9.59 Å². The number of carbonyl (C=O) groups excluding carboxylic acids is 2. The van der Waals surface area contributed by atoms with Crippen molar-refractivity contribution in [3.05, 3.63) is 29.3 Å². The first-order valence-corrected chi connectivity index (χ1v) is 12.3. The lowest BCUT2D eigenvalue weighted by molar-refractivity contribution is -0.139. The summed E-state index contributed by atoms with van der Waals surface area (Å²) in [5, 5.41) is 5.89. The zero-order valence-electron chi connectivity index (χ0n) is 19.0. The molecule has 4 rings (SSSR count). The average molecular weight is 427 g/mol. The maximum atomic E-state index is 12.6. The molecule has 1 atom stereocenters. The minimum Gasteiger partial charge on any atom is -0.374 e. The van der Waals surface area contributed by atoms with E-state index in [1.165, 1.54) is 48.9 Å². The zero-order valence-corrected chi connectivity index (χ0v) is 19.0. The summed E-state index contributed by atoms with van der Waals surface area (Å²) in [6, 6.07) is 7.05. The van der Waals surface area contributed by atoms with E-state index in [1.54, 1.807) is 0 Å². The number of anilines is 1. The molecular formula is C25H38N4O2. The van der Waals surface area contributed by atoms with E-state index in [0.29, 0.717) is 6.54 Å². The number of amides is 2. The summed E-state index contributed by atoms with van der Waals surface area (Å²) in [5.74, 6) is -0.971. The number of rotatable bonds is 5. The Kier molecular flexibility index (Phi) is 7.49. The van der Waals surface area contributed by atoms with Gasteiger partial charge in [0.2, 0.25) is 0 Å². The molecule has 1 aromatic rings. The molecule has 1 aromatic carbocycles. The average Bonchev–Trinajstić information content (AvgIpc) is 2.80. The molecule has 0 radical (unpaired) electrons. The van der Waals surface area contributed by atoms with E-state index in [0.717, 1.165) is 51.7 Å². The van der Waals surface area contributed by atoms with Gasteiger partial charge in [0.1, 0.15) is 0 Å². The van der Waals surface area contributed by atoms with Gasteiger partial charge in [-0.25, -0.2) is 0 Å². The molecule has 0 spiro atoms. The van der Waals surface area contributed by atoms with Crippen LogP contribution in [0.4, 0.5) is 5.69 Å². The molecule has 1 saturated heterocycles. The summed E-state index contributed by atoms with van der Waals surface area (Å²) >= 11 is 0. The molecule has 0 bridgehead atoms. The molecule has 0 unspecified atom stereocenters. The molecule has 3 aliphatic rings. The molecule has 0 aromatic heterocycles. The van der Waals surface area contributed by atoms with Gasteiger partial charge in [-0.2, -0.15) is 0 Å². The first kappa shape index (κ1) is 22.1. The highest BCUT2D eigenvalue weighted by atomic mass is 16.2. The van der Waals surface area contributed by atoms with Gasteiger partial charge in [0.05, 0.1) is 6.04 Å². The van der Waals surface area contributed by atoms with Crippen molar-refractivity contribution in [3.8, 4) is 0 Å². The number of hydrogen-bond donors (Lipinski definition) is 2. The van der Waals surface area contributed by atoms with Gasteiger partial charge in [0.25, 0.3) is 0 Å². The third-order valence-electron chi connectivity index (χ3n) is 7.27. The van der Waals surface area contributed by atoms with Crippen molar-refractivity contribution in [1.29, 1.82) is 0 Å². The molecule has 170 valence electrons. The molecule has 1 aliphatic carbocycles. The Morgan fingerprint density at radius 3 is 2.48 bits per heavy atom. The Morgan fingerprint density at radius 1 is 0.968 bits per heavy atom. The number of likely N-dealkylation sites (tertiary alicyclic amines) is 1. The second-order valence-electron chi connectivity index (χ2n) is 9.54. The van der Waals surface area contributed by atoms with Crippen LogP contribution in [0.2, 0.25) is 0 Å². The van der Waals surface area contributed by atoms with E-state index in [-0.39, 0.29) is 12.1 Å². The van der Waals surface area contributed by atoms with Crippen LogP contribution in [0.5, 0.6) is 0 Å². The van der Waals surface area contributed by atoms with E-state index in [2.05, 4.69) is 45.7 Å². The standard InChI is InChI=1S/C25H38N4O2/c1-28-14-8-9-19-17-20(12-13-22(19)28)23(29-15-6-3-7-16-29)18-26-24(30)25(31)27-21-10-4-2-5-11-21/h12-13,17,21,23H,2-11,14-16,18H2,1H3,(H,26,30)(H,27,31)/t23-/m0/s1. The minimum absolute atomic E-state index is 0.115. The lowest BCUT2D eigenvalue weighted by Crippen LogP contribution is -2.47. The summed E-state index contributed by atoms with van der Waals surface area (Å²) in [4.78, 5) is 29.8. The number of nitrogens with zero attached hydrogens (tertiary/aromatic N) is 2. The van der Waals surface area contributed by atoms with Gasteiger partial charge in [-0.3, -0.25) is 14.5 Å². The topological polar surface area (TPSA) is 64.7 Å². The molecule has 2 amide bonds. The summed E-state index contributed by atoms with van der Waals surface area (Å²) in [5.41, 5.74) is 3.97. The molecule has 2 N–H and O–H groups in total. The molecule has 6 heteroatoms. The van der Waals surface area contributed by atoms with Crippen LogP contribution < -0.4 is 15.5 Å². The van der Waals surface area contributed by atoms with E-state index in [4.69, 9.17) is 0 Å². The quantitative estimate of drug-likeness (QED) is 0.710. The summed E-state index contributed by atoms with van der Waals surface area (Å²) in [7, 11) is 2.16. The van der Waals surface area contributed by atoms with Crippen molar-refractivity contribution in [1.82, 2.24) is 15.5 Å². The number of fused-ring (bicyclic) bond motifs is 1. The fourth-order valence-electron chi connectivity index (χ4n) is 5.47. The Hall–Kier alpha value is -2.08. The third-order valence-corrected chi connectivity index (χ3v) is 7.27. The second kappa shape index (κ2) is 10.5. The predicted molar refractivity (Wildman–Crippen MR) is 124 cm³/mol. The number of benzene rings is 1. The predicted octanol–water partition coefficient (Wildman–Crippen LogP) is 3.16. The molecule has 2 fully saturated rings. The van der Waals surface area contributed by atoms with Crippen LogP contribution in [0.15, 0.2) is 18.2 Å². The van der Waals surface area contributed by atoms with Gasteiger partial charge in [-0.05, 0) is 68.8 Å². The number of nitrogens with one attached hydrogen (secondary N) is 2. The van der Waals surface area contributed by atoms with Crippen LogP contribution in [0.1, 0.15) is 75.0 Å². The van der Waals surface area contributed by atoms with Crippen molar-refractivity contribution in [2.75, 3.05) is 38.1 Å². The first-order chi connectivity index (χ1) is 15.1. The van der Waals surface area contributed by atoms with Gasteiger partial charge in [-0.15, -0.1) is 0 Å².